The molecule has 2 N–H and O–H groups in total. The lowest BCUT2D eigenvalue weighted by molar-refractivity contribution is -0.113. The van der Waals surface area contributed by atoms with E-state index in [1.54, 1.807) is 6.26 Å². The van der Waals surface area contributed by atoms with Crippen LogP contribution < -0.4 is 5.32 Å². The number of rotatable bonds is 4. The number of anilines is 1. The molecule has 0 aliphatic carbocycles. The molecule has 0 spiro atoms. The predicted octanol–water partition coefficient (Wildman–Crippen LogP) is 1.83. The number of amides is 1. The SMILES string of the molecule is CSCC(=O)Nc1cc(F)ccc1C(=O)O. The Morgan fingerprint density at radius 1 is 1.50 bits per heavy atom. The average Bonchev–Trinajstić information content (AvgIpc) is 2.17. The van der Waals surface area contributed by atoms with Gasteiger partial charge in [0.15, 0.2) is 0 Å². The van der Waals surface area contributed by atoms with Crippen LogP contribution in [0, 0.1) is 5.82 Å². The summed E-state index contributed by atoms with van der Waals surface area (Å²) < 4.78 is 12.9. The van der Waals surface area contributed by atoms with E-state index >= 15 is 0 Å². The number of hydrogen-bond donors (Lipinski definition) is 2. The van der Waals surface area contributed by atoms with Gasteiger partial charge in [-0.2, -0.15) is 11.8 Å². The van der Waals surface area contributed by atoms with Gasteiger partial charge in [-0.25, -0.2) is 9.18 Å². The molecule has 0 saturated heterocycles. The molecule has 0 bridgehead atoms. The summed E-state index contributed by atoms with van der Waals surface area (Å²) in [5.74, 6) is -1.97. The highest BCUT2D eigenvalue weighted by Gasteiger charge is 2.12. The van der Waals surface area contributed by atoms with Gasteiger partial charge >= 0.3 is 5.97 Å². The van der Waals surface area contributed by atoms with Crippen molar-refractivity contribution in [3.05, 3.63) is 29.6 Å². The number of nitrogens with one attached hydrogen (secondary N) is 1. The molecule has 0 saturated carbocycles. The minimum atomic E-state index is -1.21. The van der Waals surface area contributed by atoms with Crippen LogP contribution in [0.1, 0.15) is 10.4 Å². The van der Waals surface area contributed by atoms with E-state index in [0.717, 1.165) is 18.2 Å². The first kappa shape index (κ1) is 12.5. The van der Waals surface area contributed by atoms with Crippen LogP contribution in [0.2, 0.25) is 0 Å². The Morgan fingerprint density at radius 3 is 2.75 bits per heavy atom. The molecule has 0 unspecified atom stereocenters. The number of carboxylic acid groups (broad SMARTS) is 1. The Kier molecular flexibility index (Phi) is 4.30. The maximum atomic E-state index is 12.9. The summed E-state index contributed by atoms with van der Waals surface area (Å²) >= 11 is 1.29. The quantitative estimate of drug-likeness (QED) is 0.846. The van der Waals surface area contributed by atoms with E-state index in [-0.39, 0.29) is 22.9 Å². The Balaban J connectivity index is 2.96. The fraction of sp³-hybridized carbons (Fsp3) is 0.200. The standard InChI is InChI=1S/C10H10FNO3S/c1-16-5-9(13)12-8-4-6(11)2-3-7(8)10(14)15/h2-4H,5H2,1H3,(H,12,13)(H,14,15). The van der Waals surface area contributed by atoms with Gasteiger partial charge in [-0.05, 0) is 24.5 Å². The third-order valence-corrected chi connectivity index (χ3v) is 2.31. The van der Waals surface area contributed by atoms with Crippen LogP contribution in [0.25, 0.3) is 0 Å². The molecule has 1 aromatic rings. The molecule has 6 heteroatoms. The average molecular weight is 243 g/mol. The van der Waals surface area contributed by atoms with Crippen LogP contribution in [-0.2, 0) is 4.79 Å². The van der Waals surface area contributed by atoms with Crippen molar-refractivity contribution >= 4 is 29.3 Å². The zero-order valence-corrected chi connectivity index (χ0v) is 9.31. The molecule has 0 heterocycles. The second kappa shape index (κ2) is 5.50. The fourth-order valence-corrected chi connectivity index (χ4v) is 1.46. The van der Waals surface area contributed by atoms with Crippen LogP contribution in [0.3, 0.4) is 0 Å². The molecule has 4 nitrogen and oxygen atoms in total. The maximum Gasteiger partial charge on any atom is 0.337 e. The molecular weight excluding hydrogens is 233 g/mol. The lowest BCUT2D eigenvalue weighted by Gasteiger charge is -2.07. The first-order chi connectivity index (χ1) is 7.54. The van der Waals surface area contributed by atoms with Crippen molar-refractivity contribution in [1.82, 2.24) is 0 Å². The minimum absolute atomic E-state index is 0.0217. The number of carboxylic acids is 1. The molecule has 0 atom stereocenters. The first-order valence-corrected chi connectivity index (χ1v) is 5.75. The summed E-state index contributed by atoms with van der Waals surface area (Å²) in [5, 5.41) is 11.2. The number of halogens is 1. The van der Waals surface area contributed by atoms with Gasteiger partial charge < -0.3 is 10.4 Å². The molecular formula is C10H10FNO3S. The van der Waals surface area contributed by atoms with Crippen molar-refractivity contribution in [1.29, 1.82) is 0 Å². The molecule has 86 valence electrons. The van der Waals surface area contributed by atoms with E-state index in [9.17, 15) is 14.0 Å². The van der Waals surface area contributed by atoms with Crippen molar-refractivity contribution in [2.75, 3.05) is 17.3 Å². The monoisotopic (exact) mass is 243 g/mol. The highest BCUT2D eigenvalue weighted by Crippen LogP contribution is 2.17. The summed E-state index contributed by atoms with van der Waals surface area (Å²) in [6.45, 7) is 0. The van der Waals surface area contributed by atoms with Crippen molar-refractivity contribution in [3.63, 3.8) is 0 Å². The maximum absolute atomic E-state index is 12.9. The third-order valence-electron chi connectivity index (χ3n) is 1.76. The van der Waals surface area contributed by atoms with Crippen molar-refractivity contribution in [3.8, 4) is 0 Å². The summed E-state index contributed by atoms with van der Waals surface area (Å²) in [7, 11) is 0. The minimum Gasteiger partial charge on any atom is -0.478 e. The predicted molar refractivity (Wildman–Crippen MR) is 60.4 cm³/mol. The molecule has 1 rings (SSSR count). The van der Waals surface area contributed by atoms with Crippen LogP contribution in [0.15, 0.2) is 18.2 Å². The van der Waals surface area contributed by atoms with Gasteiger partial charge in [-0.15, -0.1) is 0 Å². The van der Waals surface area contributed by atoms with Gasteiger partial charge in [0, 0.05) is 0 Å². The number of aromatic carboxylic acids is 1. The number of benzene rings is 1. The second-order valence-electron chi connectivity index (χ2n) is 2.98. The van der Waals surface area contributed by atoms with Gasteiger partial charge in [0.1, 0.15) is 5.82 Å². The molecule has 0 aromatic heterocycles. The topological polar surface area (TPSA) is 66.4 Å². The van der Waals surface area contributed by atoms with Crippen LogP contribution in [-0.4, -0.2) is 29.0 Å². The van der Waals surface area contributed by atoms with E-state index in [1.807, 2.05) is 0 Å². The fourth-order valence-electron chi connectivity index (χ4n) is 1.12. The van der Waals surface area contributed by atoms with E-state index in [4.69, 9.17) is 5.11 Å². The van der Waals surface area contributed by atoms with Crippen molar-refractivity contribution in [2.45, 2.75) is 0 Å². The lowest BCUT2D eigenvalue weighted by atomic mass is 10.1. The molecule has 0 radical (unpaired) electrons. The summed E-state index contributed by atoms with van der Waals surface area (Å²) in [4.78, 5) is 22.0. The van der Waals surface area contributed by atoms with Crippen LogP contribution >= 0.6 is 11.8 Å². The Labute approximate surface area is 95.8 Å². The number of hydrogen-bond acceptors (Lipinski definition) is 3. The van der Waals surface area contributed by atoms with Gasteiger partial charge in [0.05, 0.1) is 17.0 Å². The van der Waals surface area contributed by atoms with Crippen LogP contribution in [0.4, 0.5) is 10.1 Å². The first-order valence-electron chi connectivity index (χ1n) is 4.36. The molecule has 1 amide bonds. The van der Waals surface area contributed by atoms with E-state index in [2.05, 4.69) is 5.32 Å². The van der Waals surface area contributed by atoms with E-state index in [0.29, 0.717) is 0 Å². The highest BCUT2D eigenvalue weighted by atomic mass is 32.2. The largest absolute Gasteiger partial charge is 0.478 e. The Hall–Kier alpha value is -1.56. The van der Waals surface area contributed by atoms with E-state index < -0.39 is 11.8 Å². The molecule has 16 heavy (non-hydrogen) atoms. The van der Waals surface area contributed by atoms with Gasteiger partial charge in [0.25, 0.3) is 0 Å². The van der Waals surface area contributed by atoms with Crippen molar-refractivity contribution < 1.29 is 19.1 Å². The number of carbonyl (C=O) groups is 2. The molecule has 0 fully saturated rings. The zero-order chi connectivity index (χ0) is 12.1. The van der Waals surface area contributed by atoms with Gasteiger partial charge in [-0.1, -0.05) is 0 Å². The van der Waals surface area contributed by atoms with Gasteiger partial charge in [-0.3, -0.25) is 4.79 Å². The van der Waals surface area contributed by atoms with Gasteiger partial charge in [0.2, 0.25) is 5.91 Å². The smallest absolute Gasteiger partial charge is 0.337 e. The normalized spacial score (nSPS) is 9.88. The number of carbonyl (C=O) groups excluding carboxylic acids is 1. The summed E-state index contributed by atoms with van der Waals surface area (Å²) in [6.07, 6.45) is 1.74. The lowest BCUT2D eigenvalue weighted by Crippen LogP contribution is -2.16. The molecule has 1 aromatic carbocycles. The molecule has 0 aliphatic heterocycles. The Bertz CT molecular complexity index is 423. The molecule has 0 aliphatic rings. The highest BCUT2D eigenvalue weighted by molar-refractivity contribution is 7.99. The van der Waals surface area contributed by atoms with E-state index in [1.165, 1.54) is 11.8 Å². The van der Waals surface area contributed by atoms with Crippen molar-refractivity contribution in [2.24, 2.45) is 0 Å². The zero-order valence-electron chi connectivity index (χ0n) is 8.49. The summed E-state index contributed by atoms with van der Waals surface area (Å²) in [6, 6.07) is 3.14. The summed E-state index contributed by atoms with van der Waals surface area (Å²) in [5.41, 5.74) is -0.151. The van der Waals surface area contributed by atoms with Crippen LogP contribution in [0.5, 0.6) is 0 Å². The number of thioether (sulfide) groups is 1. The third kappa shape index (κ3) is 3.23. The Morgan fingerprint density at radius 2 is 2.19 bits per heavy atom. The second-order valence-corrected chi connectivity index (χ2v) is 3.84.